The van der Waals surface area contributed by atoms with Crippen LogP contribution in [0.5, 0.6) is 0 Å². The maximum absolute atomic E-state index is 10.7. The molecule has 0 aliphatic carbocycles. The third-order valence-corrected chi connectivity index (χ3v) is 3.49. The number of aliphatic hydroxyl groups excluding tert-OH is 1. The van der Waals surface area contributed by atoms with E-state index in [9.17, 15) is 4.79 Å². The summed E-state index contributed by atoms with van der Waals surface area (Å²) >= 11 is 0. The van der Waals surface area contributed by atoms with Crippen molar-refractivity contribution in [3.8, 4) is 6.07 Å². The molecule has 94 valence electrons. The molecule has 1 aromatic carbocycles. The molecule has 1 saturated heterocycles. The van der Waals surface area contributed by atoms with E-state index in [4.69, 9.17) is 10.4 Å². The monoisotopic (exact) mass is 244 g/mol. The van der Waals surface area contributed by atoms with Crippen LogP contribution < -0.4 is 4.90 Å². The van der Waals surface area contributed by atoms with E-state index in [2.05, 4.69) is 11.0 Å². The number of hydrogen-bond acceptors (Lipinski definition) is 4. The molecule has 1 aliphatic heterocycles. The zero-order valence-corrected chi connectivity index (χ0v) is 10.2. The first-order chi connectivity index (χ1) is 8.78. The fourth-order valence-corrected chi connectivity index (χ4v) is 2.35. The van der Waals surface area contributed by atoms with Crippen molar-refractivity contribution in [3.05, 3.63) is 29.3 Å². The van der Waals surface area contributed by atoms with E-state index < -0.39 is 0 Å². The van der Waals surface area contributed by atoms with E-state index in [-0.39, 0.29) is 6.61 Å². The van der Waals surface area contributed by atoms with Gasteiger partial charge in [-0.3, -0.25) is 4.79 Å². The fraction of sp³-hybridized carbons (Fsp3) is 0.429. The van der Waals surface area contributed by atoms with Gasteiger partial charge in [-0.2, -0.15) is 5.26 Å². The summed E-state index contributed by atoms with van der Waals surface area (Å²) in [5, 5.41) is 18.2. The first-order valence-corrected chi connectivity index (χ1v) is 6.13. The SMILES string of the molecule is N#Cc1cc(C=O)ccc1N1CCC(CO)CC1. The van der Waals surface area contributed by atoms with Gasteiger partial charge in [0.2, 0.25) is 0 Å². The highest BCUT2D eigenvalue weighted by Crippen LogP contribution is 2.26. The van der Waals surface area contributed by atoms with Gasteiger partial charge in [-0.25, -0.2) is 0 Å². The molecule has 0 atom stereocenters. The van der Waals surface area contributed by atoms with E-state index >= 15 is 0 Å². The Morgan fingerprint density at radius 2 is 2.17 bits per heavy atom. The van der Waals surface area contributed by atoms with Gasteiger partial charge in [0.25, 0.3) is 0 Å². The van der Waals surface area contributed by atoms with Gasteiger partial charge in [0.15, 0.2) is 0 Å². The molecule has 4 nitrogen and oxygen atoms in total. The molecule has 1 aromatic rings. The number of carbonyl (C=O) groups is 1. The summed E-state index contributed by atoms with van der Waals surface area (Å²) < 4.78 is 0. The van der Waals surface area contributed by atoms with E-state index in [1.165, 1.54) is 0 Å². The van der Waals surface area contributed by atoms with Crippen molar-refractivity contribution in [1.29, 1.82) is 5.26 Å². The molecule has 0 spiro atoms. The Morgan fingerprint density at radius 1 is 1.44 bits per heavy atom. The number of aliphatic hydroxyl groups is 1. The zero-order chi connectivity index (χ0) is 13.0. The van der Waals surface area contributed by atoms with Crippen molar-refractivity contribution in [1.82, 2.24) is 0 Å². The fourth-order valence-electron chi connectivity index (χ4n) is 2.35. The van der Waals surface area contributed by atoms with Gasteiger partial charge in [0.1, 0.15) is 12.4 Å². The van der Waals surface area contributed by atoms with Crippen LogP contribution >= 0.6 is 0 Å². The van der Waals surface area contributed by atoms with Crippen molar-refractivity contribution in [3.63, 3.8) is 0 Å². The summed E-state index contributed by atoms with van der Waals surface area (Å²) in [6.07, 6.45) is 2.64. The minimum Gasteiger partial charge on any atom is -0.396 e. The Hall–Kier alpha value is -1.86. The molecule has 0 saturated carbocycles. The number of benzene rings is 1. The number of rotatable bonds is 3. The van der Waals surface area contributed by atoms with Gasteiger partial charge < -0.3 is 10.0 Å². The van der Waals surface area contributed by atoms with Crippen LogP contribution in [-0.2, 0) is 0 Å². The van der Waals surface area contributed by atoms with Gasteiger partial charge in [-0.05, 0) is 37.0 Å². The molecule has 1 fully saturated rings. The average molecular weight is 244 g/mol. The average Bonchev–Trinajstić information content (AvgIpc) is 2.46. The molecular weight excluding hydrogens is 228 g/mol. The quantitative estimate of drug-likeness (QED) is 0.820. The number of aldehydes is 1. The molecular formula is C14H16N2O2. The summed E-state index contributed by atoms with van der Waals surface area (Å²) in [7, 11) is 0. The lowest BCUT2D eigenvalue weighted by atomic mass is 9.96. The third kappa shape index (κ3) is 2.52. The van der Waals surface area contributed by atoms with Gasteiger partial charge in [-0.1, -0.05) is 0 Å². The second kappa shape index (κ2) is 5.65. The van der Waals surface area contributed by atoms with Gasteiger partial charge in [-0.15, -0.1) is 0 Å². The van der Waals surface area contributed by atoms with Crippen molar-refractivity contribution >= 4 is 12.0 Å². The molecule has 18 heavy (non-hydrogen) atoms. The number of nitriles is 1. The largest absolute Gasteiger partial charge is 0.396 e. The molecule has 0 radical (unpaired) electrons. The number of piperidine rings is 1. The topological polar surface area (TPSA) is 64.3 Å². The van der Waals surface area contributed by atoms with E-state index in [0.717, 1.165) is 37.9 Å². The minimum atomic E-state index is 0.239. The number of anilines is 1. The van der Waals surface area contributed by atoms with E-state index in [0.29, 0.717) is 17.0 Å². The lowest BCUT2D eigenvalue weighted by Crippen LogP contribution is -2.35. The number of carbonyl (C=O) groups excluding carboxylic acids is 1. The smallest absolute Gasteiger partial charge is 0.150 e. The van der Waals surface area contributed by atoms with E-state index in [1.807, 2.05) is 6.07 Å². The summed E-state index contributed by atoms with van der Waals surface area (Å²) in [5.74, 6) is 0.376. The molecule has 1 heterocycles. The zero-order valence-electron chi connectivity index (χ0n) is 10.2. The van der Waals surface area contributed by atoms with Crippen LogP contribution in [0.25, 0.3) is 0 Å². The predicted molar refractivity (Wildman–Crippen MR) is 68.6 cm³/mol. The molecule has 0 aromatic heterocycles. The normalized spacial score (nSPS) is 16.3. The molecule has 2 rings (SSSR count). The highest BCUT2D eigenvalue weighted by atomic mass is 16.3. The third-order valence-electron chi connectivity index (χ3n) is 3.49. The molecule has 0 bridgehead atoms. The first kappa shape index (κ1) is 12.6. The van der Waals surface area contributed by atoms with Crippen LogP contribution in [0, 0.1) is 17.2 Å². The van der Waals surface area contributed by atoms with Crippen molar-refractivity contribution in [2.75, 3.05) is 24.6 Å². The highest BCUT2D eigenvalue weighted by molar-refractivity contribution is 5.78. The van der Waals surface area contributed by atoms with Crippen LogP contribution in [0.4, 0.5) is 5.69 Å². The van der Waals surface area contributed by atoms with Crippen LogP contribution in [0.1, 0.15) is 28.8 Å². The van der Waals surface area contributed by atoms with E-state index in [1.54, 1.807) is 12.1 Å². The lowest BCUT2D eigenvalue weighted by molar-refractivity contribution is 0.112. The Bertz CT molecular complexity index is 471. The van der Waals surface area contributed by atoms with Crippen molar-refractivity contribution in [2.45, 2.75) is 12.8 Å². The molecule has 0 amide bonds. The van der Waals surface area contributed by atoms with Gasteiger partial charge in [0, 0.05) is 25.3 Å². The van der Waals surface area contributed by atoms with Gasteiger partial charge >= 0.3 is 0 Å². The van der Waals surface area contributed by atoms with Crippen LogP contribution in [0.2, 0.25) is 0 Å². The Morgan fingerprint density at radius 3 is 2.72 bits per heavy atom. The lowest BCUT2D eigenvalue weighted by Gasteiger charge is -2.33. The molecule has 1 N–H and O–H groups in total. The highest BCUT2D eigenvalue weighted by Gasteiger charge is 2.20. The maximum Gasteiger partial charge on any atom is 0.150 e. The Balaban J connectivity index is 2.19. The Labute approximate surface area is 106 Å². The second-order valence-corrected chi connectivity index (χ2v) is 4.62. The predicted octanol–water partition coefficient (Wildman–Crippen LogP) is 1.58. The van der Waals surface area contributed by atoms with Gasteiger partial charge in [0.05, 0.1) is 11.3 Å². The molecule has 1 aliphatic rings. The summed E-state index contributed by atoms with van der Waals surface area (Å²) in [6, 6.07) is 7.34. The Kier molecular flexibility index (Phi) is 3.96. The summed E-state index contributed by atoms with van der Waals surface area (Å²) in [5.41, 5.74) is 1.96. The van der Waals surface area contributed by atoms with Crippen molar-refractivity contribution < 1.29 is 9.90 Å². The van der Waals surface area contributed by atoms with Crippen LogP contribution in [0.3, 0.4) is 0 Å². The first-order valence-electron chi connectivity index (χ1n) is 6.13. The van der Waals surface area contributed by atoms with Crippen LogP contribution in [0.15, 0.2) is 18.2 Å². The van der Waals surface area contributed by atoms with Crippen LogP contribution in [-0.4, -0.2) is 31.1 Å². The van der Waals surface area contributed by atoms with Crippen molar-refractivity contribution in [2.24, 2.45) is 5.92 Å². The molecule has 4 heteroatoms. The minimum absolute atomic E-state index is 0.239. The number of hydrogen-bond donors (Lipinski definition) is 1. The summed E-state index contributed by atoms with van der Waals surface area (Å²) in [6.45, 7) is 1.93. The maximum atomic E-state index is 10.7. The summed E-state index contributed by atoms with van der Waals surface area (Å²) in [4.78, 5) is 12.8. The standard InChI is InChI=1S/C14H16N2O2/c15-8-13-7-12(10-18)1-2-14(13)16-5-3-11(9-17)4-6-16/h1-2,7,10-11,17H,3-6,9H2. The number of nitrogens with zero attached hydrogens (tertiary/aromatic N) is 2. The molecule has 0 unspecified atom stereocenters. The second-order valence-electron chi connectivity index (χ2n) is 4.62.